The molecule has 0 aliphatic heterocycles. The van der Waals surface area contributed by atoms with Crippen LogP contribution < -0.4 is 5.32 Å². The zero-order valence-electron chi connectivity index (χ0n) is 11.2. The molecule has 0 radical (unpaired) electrons. The summed E-state index contributed by atoms with van der Waals surface area (Å²) in [5.74, 6) is 0. The van der Waals surface area contributed by atoms with Gasteiger partial charge in [0.2, 0.25) is 0 Å². The molecule has 0 fully saturated rings. The number of aryl methyl sites for hydroxylation is 1. The predicted octanol–water partition coefficient (Wildman–Crippen LogP) is 3.01. The SMILES string of the molecule is CCOC(C)(C)c1nc2c(s1)C(NC)CCC2. The van der Waals surface area contributed by atoms with E-state index in [1.54, 1.807) is 0 Å². The van der Waals surface area contributed by atoms with Crippen molar-refractivity contribution in [2.45, 2.75) is 51.7 Å². The van der Waals surface area contributed by atoms with E-state index in [0.717, 1.165) is 18.0 Å². The van der Waals surface area contributed by atoms with Gasteiger partial charge in [-0.3, -0.25) is 0 Å². The molecule has 1 aliphatic carbocycles. The molecular weight excluding hydrogens is 232 g/mol. The molecule has 0 saturated carbocycles. The molecule has 0 spiro atoms. The van der Waals surface area contributed by atoms with Crippen LogP contribution in [-0.4, -0.2) is 18.6 Å². The first kappa shape index (κ1) is 13.0. The molecule has 0 bridgehead atoms. The topological polar surface area (TPSA) is 34.1 Å². The van der Waals surface area contributed by atoms with Crippen LogP contribution >= 0.6 is 11.3 Å². The summed E-state index contributed by atoms with van der Waals surface area (Å²) >= 11 is 1.82. The molecule has 0 aromatic carbocycles. The van der Waals surface area contributed by atoms with E-state index in [1.807, 2.05) is 25.3 Å². The fourth-order valence-electron chi connectivity index (χ4n) is 2.38. The minimum absolute atomic E-state index is 0.255. The Hall–Kier alpha value is -0.450. The average Bonchev–Trinajstić information content (AvgIpc) is 2.73. The highest BCUT2D eigenvalue weighted by atomic mass is 32.1. The number of fused-ring (bicyclic) bond motifs is 1. The summed E-state index contributed by atoms with van der Waals surface area (Å²) in [4.78, 5) is 6.21. The number of hydrogen-bond acceptors (Lipinski definition) is 4. The molecule has 1 heterocycles. The van der Waals surface area contributed by atoms with Gasteiger partial charge in [-0.2, -0.15) is 0 Å². The lowest BCUT2D eigenvalue weighted by Gasteiger charge is -2.21. The Labute approximate surface area is 108 Å². The van der Waals surface area contributed by atoms with Crippen LogP contribution in [0.15, 0.2) is 0 Å². The molecule has 0 saturated heterocycles. The van der Waals surface area contributed by atoms with E-state index < -0.39 is 0 Å². The van der Waals surface area contributed by atoms with Crippen molar-refractivity contribution in [2.75, 3.05) is 13.7 Å². The van der Waals surface area contributed by atoms with E-state index >= 15 is 0 Å². The summed E-state index contributed by atoms with van der Waals surface area (Å²) in [6.07, 6.45) is 3.57. The van der Waals surface area contributed by atoms with Crippen LogP contribution in [0, 0.1) is 0 Å². The van der Waals surface area contributed by atoms with Gasteiger partial charge in [-0.25, -0.2) is 4.98 Å². The maximum absolute atomic E-state index is 5.79. The lowest BCUT2D eigenvalue weighted by Crippen LogP contribution is -2.21. The first-order valence-electron chi connectivity index (χ1n) is 6.39. The molecule has 1 unspecified atom stereocenters. The Morgan fingerprint density at radius 2 is 2.29 bits per heavy atom. The summed E-state index contributed by atoms with van der Waals surface area (Å²) in [5, 5.41) is 4.50. The molecule has 17 heavy (non-hydrogen) atoms. The monoisotopic (exact) mass is 254 g/mol. The molecule has 1 aromatic rings. The van der Waals surface area contributed by atoms with Gasteiger partial charge >= 0.3 is 0 Å². The van der Waals surface area contributed by atoms with Crippen molar-refractivity contribution in [3.05, 3.63) is 15.6 Å². The van der Waals surface area contributed by atoms with Crippen LogP contribution in [0.25, 0.3) is 0 Å². The lowest BCUT2D eigenvalue weighted by molar-refractivity contribution is -0.0142. The summed E-state index contributed by atoms with van der Waals surface area (Å²) in [7, 11) is 2.03. The minimum atomic E-state index is -0.255. The molecule has 1 aliphatic rings. The van der Waals surface area contributed by atoms with Crippen molar-refractivity contribution in [1.82, 2.24) is 10.3 Å². The molecule has 1 N–H and O–H groups in total. The maximum atomic E-state index is 5.79. The van der Waals surface area contributed by atoms with E-state index in [-0.39, 0.29) is 5.60 Å². The molecule has 2 rings (SSSR count). The van der Waals surface area contributed by atoms with Crippen molar-refractivity contribution in [3.8, 4) is 0 Å². The van der Waals surface area contributed by atoms with Gasteiger partial charge in [0.05, 0.1) is 5.69 Å². The standard InChI is InChI=1S/C13H22N2OS/c1-5-16-13(2,3)12-15-10-8-6-7-9(14-4)11(10)17-12/h9,14H,5-8H2,1-4H3. The number of thiazole rings is 1. The predicted molar refractivity (Wildman–Crippen MR) is 71.5 cm³/mol. The van der Waals surface area contributed by atoms with Crippen molar-refractivity contribution in [1.29, 1.82) is 0 Å². The number of ether oxygens (including phenoxy) is 1. The molecular formula is C13H22N2OS. The Bertz CT molecular complexity index is 387. The van der Waals surface area contributed by atoms with Crippen LogP contribution in [0.3, 0.4) is 0 Å². The van der Waals surface area contributed by atoms with Gasteiger partial charge in [0.1, 0.15) is 10.6 Å². The fourth-order valence-corrected chi connectivity index (χ4v) is 3.69. The fraction of sp³-hybridized carbons (Fsp3) is 0.769. The van der Waals surface area contributed by atoms with Crippen LogP contribution in [0.4, 0.5) is 0 Å². The first-order valence-corrected chi connectivity index (χ1v) is 7.21. The zero-order valence-corrected chi connectivity index (χ0v) is 12.0. The molecule has 1 aromatic heterocycles. The van der Waals surface area contributed by atoms with Crippen LogP contribution in [0.2, 0.25) is 0 Å². The second-order valence-electron chi connectivity index (χ2n) is 5.01. The van der Waals surface area contributed by atoms with Gasteiger partial charge in [0, 0.05) is 17.5 Å². The highest BCUT2D eigenvalue weighted by Gasteiger charge is 2.30. The molecule has 1 atom stereocenters. The van der Waals surface area contributed by atoms with E-state index in [4.69, 9.17) is 9.72 Å². The minimum Gasteiger partial charge on any atom is -0.369 e. The molecule has 96 valence electrons. The Balaban J connectivity index is 2.30. The summed E-state index contributed by atoms with van der Waals surface area (Å²) in [5.41, 5.74) is 1.03. The van der Waals surface area contributed by atoms with Crippen molar-refractivity contribution in [2.24, 2.45) is 0 Å². The number of hydrogen-bond donors (Lipinski definition) is 1. The van der Waals surface area contributed by atoms with Crippen LogP contribution in [0.5, 0.6) is 0 Å². The normalized spacial score (nSPS) is 20.4. The van der Waals surface area contributed by atoms with E-state index in [2.05, 4.69) is 19.2 Å². The number of aromatic nitrogens is 1. The molecule has 0 amide bonds. The highest BCUT2D eigenvalue weighted by molar-refractivity contribution is 7.12. The quantitative estimate of drug-likeness (QED) is 0.897. The Kier molecular flexibility index (Phi) is 3.85. The number of rotatable bonds is 4. The Morgan fingerprint density at radius 3 is 2.94 bits per heavy atom. The van der Waals surface area contributed by atoms with Gasteiger partial charge in [-0.1, -0.05) is 0 Å². The largest absolute Gasteiger partial charge is 0.369 e. The second-order valence-corrected chi connectivity index (χ2v) is 6.04. The second kappa shape index (κ2) is 5.04. The number of nitrogens with one attached hydrogen (secondary N) is 1. The van der Waals surface area contributed by atoms with Gasteiger partial charge in [0.25, 0.3) is 0 Å². The summed E-state index contributed by atoms with van der Waals surface area (Å²) in [6, 6.07) is 0.488. The van der Waals surface area contributed by atoms with Gasteiger partial charge in [0.15, 0.2) is 0 Å². The van der Waals surface area contributed by atoms with E-state index in [1.165, 1.54) is 23.4 Å². The smallest absolute Gasteiger partial charge is 0.125 e. The van der Waals surface area contributed by atoms with E-state index in [9.17, 15) is 0 Å². The van der Waals surface area contributed by atoms with Gasteiger partial charge < -0.3 is 10.1 Å². The summed E-state index contributed by atoms with van der Waals surface area (Å²) < 4.78 is 5.79. The molecule has 4 heteroatoms. The summed E-state index contributed by atoms with van der Waals surface area (Å²) in [6.45, 7) is 6.97. The van der Waals surface area contributed by atoms with Gasteiger partial charge in [-0.15, -0.1) is 11.3 Å². The average molecular weight is 254 g/mol. The van der Waals surface area contributed by atoms with Crippen molar-refractivity contribution < 1.29 is 4.74 Å². The third-order valence-electron chi connectivity index (χ3n) is 3.32. The van der Waals surface area contributed by atoms with Crippen molar-refractivity contribution >= 4 is 11.3 Å². The van der Waals surface area contributed by atoms with Gasteiger partial charge in [-0.05, 0) is 47.1 Å². The van der Waals surface area contributed by atoms with Crippen LogP contribution in [-0.2, 0) is 16.8 Å². The third-order valence-corrected chi connectivity index (χ3v) is 4.84. The zero-order chi connectivity index (χ0) is 12.5. The number of nitrogens with zero attached hydrogens (tertiary/aromatic N) is 1. The highest BCUT2D eigenvalue weighted by Crippen LogP contribution is 2.38. The third kappa shape index (κ3) is 2.54. The van der Waals surface area contributed by atoms with Crippen LogP contribution in [0.1, 0.15) is 55.2 Å². The first-order chi connectivity index (χ1) is 8.08. The Morgan fingerprint density at radius 1 is 1.53 bits per heavy atom. The lowest BCUT2D eigenvalue weighted by atomic mass is 9.98. The maximum Gasteiger partial charge on any atom is 0.125 e. The van der Waals surface area contributed by atoms with Crippen molar-refractivity contribution in [3.63, 3.8) is 0 Å². The van der Waals surface area contributed by atoms with E-state index in [0.29, 0.717) is 6.04 Å². The molecule has 3 nitrogen and oxygen atoms in total.